The molecule has 0 atom stereocenters. The van der Waals surface area contributed by atoms with E-state index in [0.717, 1.165) is 29.2 Å². The van der Waals surface area contributed by atoms with Gasteiger partial charge in [-0.15, -0.1) is 0 Å². The number of ether oxygens (including phenoxy) is 3. The second-order valence-corrected chi connectivity index (χ2v) is 14.7. The Morgan fingerprint density at radius 3 is 2.68 bits per heavy atom. The van der Waals surface area contributed by atoms with Crippen molar-refractivity contribution < 1.29 is 19.0 Å². The van der Waals surface area contributed by atoms with Crippen molar-refractivity contribution in [3.8, 4) is 34.0 Å². The van der Waals surface area contributed by atoms with E-state index in [2.05, 4.69) is 40.0 Å². The predicted molar refractivity (Wildman–Crippen MR) is 134 cm³/mol. The summed E-state index contributed by atoms with van der Waals surface area (Å²) in [7, 11) is 0.436. The van der Waals surface area contributed by atoms with Crippen molar-refractivity contribution in [1.29, 1.82) is 0 Å². The number of hydrogen-bond acceptors (Lipinski definition) is 7. The van der Waals surface area contributed by atoms with Crippen molar-refractivity contribution in [2.75, 3.05) is 20.3 Å². The first-order chi connectivity index (χ1) is 16.3. The highest BCUT2D eigenvalue weighted by Gasteiger charge is 2.15. The first-order valence-corrected chi connectivity index (χ1v) is 15.1. The minimum absolute atomic E-state index is 0.323. The summed E-state index contributed by atoms with van der Waals surface area (Å²) < 4.78 is 18.5. The van der Waals surface area contributed by atoms with Crippen LogP contribution >= 0.6 is 0 Å². The number of rotatable bonds is 11. The van der Waals surface area contributed by atoms with Crippen LogP contribution in [0.1, 0.15) is 13.3 Å². The highest BCUT2D eigenvalue weighted by Crippen LogP contribution is 2.34. The first kappa shape index (κ1) is 25.4. The number of nitrogens with zero attached hydrogens (tertiary/aromatic N) is 4. The molecule has 0 aliphatic rings. The SMILES string of the molecule is CCCNC(=O)Oc1ccc(OC)c(-c2cncc(-c3ncnn3COCC[Si](C)(C)C)c2)c1. The van der Waals surface area contributed by atoms with E-state index in [0.29, 0.717) is 37.2 Å². The van der Waals surface area contributed by atoms with E-state index in [4.69, 9.17) is 14.2 Å². The molecule has 0 saturated carbocycles. The van der Waals surface area contributed by atoms with Crippen LogP contribution in [0, 0.1) is 0 Å². The Morgan fingerprint density at radius 2 is 1.94 bits per heavy atom. The average molecular weight is 484 g/mol. The van der Waals surface area contributed by atoms with Gasteiger partial charge in [0.05, 0.1) is 7.11 Å². The molecule has 0 aliphatic heterocycles. The molecule has 0 aliphatic carbocycles. The molecular formula is C24H33N5O4Si. The lowest BCUT2D eigenvalue weighted by molar-refractivity contribution is 0.0796. The average Bonchev–Trinajstić information content (AvgIpc) is 3.28. The fraction of sp³-hybridized carbons (Fsp3) is 0.417. The van der Waals surface area contributed by atoms with E-state index in [9.17, 15) is 4.79 Å². The number of nitrogens with one attached hydrogen (secondary N) is 1. The molecule has 1 aromatic carbocycles. The zero-order valence-corrected chi connectivity index (χ0v) is 21.5. The third kappa shape index (κ3) is 7.13. The molecule has 0 unspecified atom stereocenters. The summed E-state index contributed by atoms with van der Waals surface area (Å²) in [5.74, 6) is 1.71. The molecule has 34 heavy (non-hydrogen) atoms. The topological polar surface area (TPSA) is 100 Å². The van der Waals surface area contributed by atoms with Crippen LogP contribution in [0.3, 0.4) is 0 Å². The summed E-state index contributed by atoms with van der Waals surface area (Å²) >= 11 is 0. The van der Waals surface area contributed by atoms with Gasteiger partial charge in [0.25, 0.3) is 0 Å². The monoisotopic (exact) mass is 483 g/mol. The molecule has 0 saturated heterocycles. The summed E-state index contributed by atoms with van der Waals surface area (Å²) in [6.45, 7) is 10.5. The van der Waals surface area contributed by atoms with Gasteiger partial charge in [-0.3, -0.25) is 4.98 Å². The molecule has 1 N–H and O–H groups in total. The Bertz CT molecular complexity index is 1100. The van der Waals surface area contributed by atoms with Crippen LogP contribution in [0.2, 0.25) is 25.7 Å². The van der Waals surface area contributed by atoms with Crippen LogP contribution in [-0.4, -0.2) is 54.2 Å². The zero-order valence-electron chi connectivity index (χ0n) is 20.5. The Kier molecular flexibility index (Phi) is 8.77. The van der Waals surface area contributed by atoms with E-state index in [1.54, 1.807) is 42.4 Å². The molecule has 1 amide bonds. The molecular weight excluding hydrogens is 450 g/mol. The van der Waals surface area contributed by atoms with Gasteiger partial charge in [0.15, 0.2) is 5.82 Å². The van der Waals surface area contributed by atoms with Crippen molar-refractivity contribution in [1.82, 2.24) is 25.1 Å². The van der Waals surface area contributed by atoms with Crippen molar-refractivity contribution in [3.63, 3.8) is 0 Å². The molecule has 182 valence electrons. The highest BCUT2D eigenvalue weighted by molar-refractivity contribution is 6.76. The van der Waals surface area contributed by atoms with Crippen LogP contribution in [0.4, 0.5) is 4.79 Å². The summed E-state index contributed by atoms with van der Waals surface area (Å²) in [6, 6.07) is 8.26. The van der Waals surface area contributed by atoms with Crippen molar-refractivity contribution in [2.45, 2.75) is 45.8 Å². The van der Waals surface area contributed by atoms with Gasteiger partial charge in [0.1, 0.15) is 24.6 Å². The summed E-state index contributed by atoms with van der Waals surface area (Å²) in [5, 5.41) is 7.01. The lowest BCUT2D eigenvalue weighted by Crippen LogP contribution is -2.27. The van der Waals surface area contributed by atoms with Gasteiger partial charge in [0.2, 0.25) is 0 Å². The van der Waals surface area contributed by atoms with E-state index in [1.165, 1.54) is 6.33 Å². The van der Waals surface area contributed by atoms with Gasteiger partial charge in [0, 0.05) is 50.3 Å². The van der Waals surface area contributed by atoms with Crippen LogP contribution in [0.5, 0.6) is 11.5 Å². The number of benzene rings is 1. The molecule has 3 rings (SSSR count). The molecule has 10 heteroatoms. The lowest BCUT2D eigenvalue weighted by atomic mass is 10.0. The van der Waals surface area contributed by atoms with Crippen LogP contribution in [0.15, 0.2) is 43.0 Å². The van der Waals surface area contributed by atoms with Crippen molar-refractivity contribution in [3.05, 3.63) is 43.0 Å². The molecule has 2 heterocycles. The molecule has 0 spiro atoms. The van der Waals surface area contributed by atoms with E-state index in [1.807, 2.05) is 13.0 Å². The Morgan fingerprint density at radius 1 is 1.15 bits per heavy atom. The minimum Gasteiger partial charge on any atom is -0.496 e. The highest BCUT2D eigenvalue weighted by atomic mass is 28.3. The standard InChI is InChI=1S/C24H33N5O4Si/c1-6-9-26-24(30)33-20-7-8-22(31-2)21(13-20)18-12-19(15-25-14-18)23-27-16-28-29(23)17-32-10-11-34(3,4)5/h7-8,12-16H,6,9-11,17H2,1-5H3,(H,26,30). The number of amides is 1. The van der Waals surface area contributed by atoms with Gasteiger partial charge in [-0.05, 0) is 36.7 Å². The van der Waals surface area contributed by atoms with E-state index < -0.39 is 14.2 Å². The molecule has 0 fully saturated rings. The predicted octanol–water partition coefficient (Wildman–Crippen LogP) is 4.83. The number of hydrogen-bond donors (Lipinski definition) is 1. The molecule has 3 aromatic rings. The molecule has 0 bridgehead atoms. The van der Waals surface area contributed by atoms with Crippen molar-refractivity contribution in [2.24, 2.45) is 0 Å². The third-order valence-electron chi connectivity index (χ3n) is 5.03. The van der Waals surface area contributed by atoms with Crippen molar-refractivity contribution >= 4 is 14.2 Å². The minimum atomic E-state index is -1.16. The molecule has 2 aromatic heterocycles. The number of carbonyl (C=O) groups excluding carboxylic acids is 1. The van der Waals surface area contributed by atoms with Gasteiger partial charge in [-0.2, -0.15) is 5.10 Å². The smallest absolute Gasteiger partial charge is 0.412 e. The van der Waals surface area contributed by atoms with E-state index >= 15 is 0 Å². The van der Waals surface area contributed by atoms with Gasteiger partial charge >= 0.3 is 6.09 Å². The lowest BCUT2D eigenvalue weighted by Gasteiger charge is -2.15. The van der Waals surface area contributed by atoms with Crippen LogP contribution in [-0.2, 0) is 11.5 Å². The molecule has 0 radical (unpaired) electrons. The van der Waals surface area contributed by atoms with Gasteiger partial charge in [-0.25, -0.2) is 14.5 Å². The largest absolute Gasteiger partial charge is 0.496 e. The zero-order chi connectivity index (χ0) is 24.6. The second kappa shape index (κ2) is 11.8. The number of carbonyl (C=O) groups is 1. The number of aromatic nitrogens is 4. The maximum atomic E-state index is 12.0. The maximum absolute atomic E-state index is 12.0. The Hall–Kier alpha value is -3.24. The van der Waals surface area contributed by atoms with Gasteiger partial charge < -0.3 is 19.5 Å². The summed E-state index contributed by atoms with van der Waals surface area (Å²) in [5.41, 5.74) is 2.33. The first-order valence-electron chi connectivity index (χ1n) is 11.4. The Balaban J connectivity index is 1.81. The molecule has 9 nitrogen and oxygen atoms in total. The van der Waals surface area contributed by atoms with Crippen LogP contribution < -0.4 is 14.8 Å². The number of methoxy groups -OCH3 is 1. The third-order valence-corrected chi connectivity index (χ3v) is 6.74. The van der Waals surface area contributed by atoms with Crippen LogP contribution in [0.25, 0.3) is 22.5 Å². The number of pyridine rings is 1. The Labute approximate surface area is 201 Å². The quantitative estimate of drug-likeness (QED) is 0.308. The summed E-state index contributed by atoms with van der Waals surface area (Å²) in [4.78, 5) is 20.8. The normalized spacial score (nSPS) is 11.3. The second-order valence-electron chi connectivity index (χ2n) is 9.07. The van der Waals surface area contributed by atoms with Gasteiger partial charge in [-0.1, -0.05) is 26.6 Å². The fourth-order valence-corrected chi connectivity index (χ4v) is 3.92. The summed E-state index contributed by atoms with van der Waals surface area (Å²) in [6.07, 6.45) is 5.31. The maximum Gasteiger partial charge on any atom is 0.412 e. The van der Waals surface area contributed by atoms with E-state index in [-0.39, 0.29) is 0 Å². The fourth-order valence-electron chi connectivity index (χ4n) is 3.17.